The molecule has 2 atom stereocenters. The standard InChI is InChI=1S/C11H15N3O3/c1-3-8(7-15)17-10(4-2)14-6-5-9(12)13-11(14)16/h3-6,8,10,15H,1-2,7H2,(H2,12,13,16)/t8-,10+/m0/s1. The number of nitrogens with zero attached hydrogens (tertiary/aromatic N) is 2. The Balaban J connectivity index is 2.97. The van der Waals surface area contributed by atoms with E-state index in [9.17, 15) is 4.79 Å². The lowest BCUT2D eigenvalue weighted by atomic mass is 10.3. The number of aliphatic hydroxyl groups is 1. The fourth-order valence-corrected chi connectivity index (χ4v) is 1.21. The zero-order chi connectivity index (χ0) is 12.8. The minimum Gasteiger partial charge on any atom is -0.393 e. The van der Waals surface area contributed by atoms with Gasteiger partial charge in [-0.3, -0.25) is 4.57 Å². The Bertz CT molecular complexity index is 456. The molecule has 92 valence electrons. The molecule has 0 bridgehead atoms. The van der Waals surface area contributed by atoms with Gasteiger partial charge in [0.1, 0.15) is 11.9 Å². The molecule has 6 heteroatoms. The molecule has 1 heterocycles. The van der Waals surface area contributed by atoms with Crippen LogP contribution in [0.15, 0.2) is 42.4 Å². The number of rotatable bonds is 6. The second kappa shape index (κ2) is 5.97. The fraction of sp³-hybridized carbons (Fsp3) is 0.273. The molecule has 0 spiro atoms. The van der Waals surface area contributed by atoms with Crippen molar-refractivity contribution >= 4 is 5.82 Å². The Hall–Kier alpha value is -1.92. The smallest absolute Gasteiger partial charge is 0.351 e. The molecule has 1 rings (SSSR count). The molecule has 0 saturated carbocycles. The van der Waals surface area contributed by atoms with Gasteiger partial charge in [-0.1, -0.05) is 12.7 Å². The molecule has 0 aliphatic carbocycles. The van der Waals surface area contributed by atoms with Crippen molar-refractivity contribution in [3.05, 3.63) is 48.1 Å². The van der Waals surface area contributed by atoms with Crippen molar-refractivity contribution in [2.75, 3.05) is 12.3 Å². The molecule has 0 amide bonds. The van der Waals surface area contributed by atoms with E-state index in [1.165, 1.54) is 29.0 Å². The van der Waals surface area contributed by atoms with Gasteiger partial charge in [0, 0.05) is 6.20 Å². The van der Waals surface area contributed by atoms with Crippen LogP contribution in [-0.4, -0.2) is 27.4 Å². The number of anilines is 1. The summed E-state index contributed by atoms with van der Waals surface area (Å²) in [6.45, 7) is 6.84. The number of hydrogen-bond donors (Lipinski definition) is 2. The number of ether oxygens (including phenoxy) is 1. The molecule has 0 fully saturated rings. The summed E-state index contributed by atoms with van der Waals surface area (Å²) in [6.07, 6.45) is 3.00. The van der Waals surface area contributed by atoms with Crippen LogP contribution in [0.1, 0.15) is 6.23 Å². The van der Waals surface area contributed by atoms with Gasteiger partial charge in [0.25, 0.3) is 0 Å². The van der Waals surface area contributed by atoms with Crippen molar-refractivity contribution in [2.24, 2.45) is 0 Å². The molecule has 0 radical (unpaired) electrons. The average molecular weight is 237 g/mol. The number of nitrogen functional groups attached to an aromatic ring is 1. The number of hydrogen-bond acceptors (Lipinski definition) is 5. The third-order valence-corrected chi connectivity index (χ3v) is 2.08. The van der Waals surface area contributed by atoms with Crippen LogP contribution < -0.4 is 11.4 Å². The third kappa shape index (κ3) is 3.27. The van der Waals surface area contributed by atoms with Crippen LogP contribution in [-0.2, 0) is 4.74 Å². The van der Waals surface area contributed by atoms with Gasteiger partial charge >= 0.3 is 5.69 Å². The lowest BCUT2D eigenvalue weighted by Crippen LogP contribution is -2.30. The van der Waals surface area contributed by atoms with E-state index in [1.807, 2.05) is 0 Å². The molecular formula is C11H15N3O3. The number of nitrogens with two attached hydrogens (primary N) is 1. The van der Waals surface area contributed by atoms with Crippen molar-refractivity contribution in [3.8, 4) is 0 Å². The first-order valence-corrected chi connectivity index (χ1v) is 4.98. The molecule has 0 unspecified atom stereocenters. The monoisotopic (exact) mass is 237 g/mol. The predicted molar refractivity (Wildman–Crippen MR) is 64.3 cm³/mol. The molecule has 0 aliphatic heterocycles. The largest absolute Gasteiger partial charge is 0.393 e. The summed E-state index contributed by atoms with van der Waals surface area (Å²) in [5.74, 6) is 0.136. The molecule has 6 nitrogen and oxygen atoms in total. The SMILES string of the molecule is C=C[C@@H](CO)O[C@H](C=C)n1ccc(N)nc1=O. The maximum absolute atomic E-state index is 11.6. The maximum atomic E-state index is 11.6. The van der Waals surface area contributed by atoms with Crippen LogP contribution in [0.3, 0.4) is 0 Å². The molecule has 17 heavy (non-hydrogen) atoms. The summed E-state index contributed by atoms with van der Waals surface area (Å²) >= 11 is 0. The normalized spacial score (nSPS) is 13.9. The van der Waals surface area contributed by atoms with Gasteiger partial charge in [0.2, 0.25) is 0 Å². The Morgan fingerprint density at radius 1 is 1.59 bits per heavy atom. The minimum atomic E-state index is -0.731. The Labute approximate surface area is 98.7 Å². The lowest BCUT2D eigenvalue weighted by molar-refractivity contribution is -0.0277. The first kappa shape index (κ1) is 13.1. The zero-order valence-corrected chi connectivity index (χ0v) is 9.32. The van der Waals surface area contributed by atoms with Crippen LogP contribution in [0, 0.1) is 0 Å². The quantitative estimate of drug-likeness (QED) is 0.683. The summed E-state index contributed by atoms with van der Waals surface area (Å²) in [6, 6.07) is 1.48. The van der Waals surface area contributed by atoms with Crippen molar-refractivity contribution < 1.29 is 9.84 Å². The Kier molecular flexibility index (Phi) is 4.62. The highest BCUT2D eigenvalue weighted by Crippen LogP contribution is 2.11. The van der Waals surface area contributed by atoms with Gasteiger partial charge in [-0.25, -0.2) is 4.79 Å². The predicted octanol–water partition coefficient (Wildman–Crippen LogP) is 0.0736. The average Bonchev–Trinajstić information content (AvgIpc) is 2.32. The summed E-state index contributed by atoms with van der Waals surface area (Å²) < 4.78 is 6.62. The van der Waals surface area contributed by atoms with Crippen molar-refractivity contribution in [1.29, 1.82) is 0 Å². The van der Waals surface area contributed by atoms with Gasteiger partial charge < -0.3 is 15.6 Å². The van der Waals surface area contributed by atoms with Gasteiger partial charge in [0.15, 0.2) is 6.23 Å². The van der Waals surface area contributed by atoms with Crippen LogP contribution >= 0.6 is 0 Å². The van der Waals surface area contributed by atoms with E-state index in [0.717, 1.165) is 0 Å². The lowest BCUT2D eigenvalue weighted by Gasteiger charge is -2.20. The van der Waals surface area contributed by atoms with E-state index >= 15 is 0 Å². The van der Waals surface area contributed by atoms with Gasteiger partial charge in [-0.05, 0) is 12.1 Å². The molecule has 1 aromatic rings. The molecule has 0 saturated heterocycles. The van der Waals surface area contributed by atoms with E-state index in [1.54, 1.807) is 0 Å². The zero-order valence-electron chi connectivity index (χ0n) is 9.32. The van der Waals surface area contributed by atoms with Crippen LogP contribution in [0.5, 0.6) is 0 Å². The fourth-order valence-electron chi connectivity index (χ4n) is 1.21. The van der Waals surface area contributed by atoms with E-state index in [-0.39, 0.29) is 12.4 Å². The highest BCUT2D eigenvalue weighted by Gasteiger charge is 2.14. The Morgan fingerprint density at radius 2 is 2.29 bits per heavy atom. The van der Waals surface area contributed by atoms with Gasteiger partial charge in [0.05, 0.1) is 6.61 Å². The highest BCUT2D eigenvalue weighted by atomic mass is 16.5. The van der Waals surface area contributed by atoms with Gasteiger partial charge in [-0.2, -0.15) is 4.98 Å². The van der Waals surface area contributed by atoms with E-state index in [0.29, 0.717) is 0 Å². The molecule has 0 aliphatic rings. The summed E-state index contributed by atoms with van der Waals surface area (Å²) in [5, 5.41) is 8.98. The first-order valence-electron chi connectivity index (χ1n) is 4.98. The summed E-state index contributed by atoms with van der Waals surface area (Å²) in [7, 11) is 0. The van der Waals surface area contributed by atoms with Crippen molar-refractivity contribution in [1.82, 2.24) is 9.55 Å². The van der Waals surface area contributed by atoms with Crippen LogP contribution in [0.25, 0.3) is 0 Å². The van der Waals surface area contributed by atoms with Gasteiger partial charge in [-0.15, -0.1) is 6.58 Å². The summed E-state index contributed by atoms with van der Waals surface area (Å²) in [4.78, 5) is 15.1. The molecule has 1 aromatic heterocycles. The second-order valence-electron chi connectivity index (χ2n) is 3.26. The third-order valence-electron chi connectivity index (χ3n) is 2.08. The molecule has 0 aromatic carbocycles. The summed E-state index contributed by atoms with van der Waals surface area (Å²) in [5.41, 5.74) is 4.83. The van der Waals surface area contributed by atoms with E-state index in [4.69, 9.17) is 15.6 Å². The molecular weight excluding hydrogens is 222 g/mol. The highest BCUT2D eigenvalue weighted by molar-refractivity contribution is 5.23. The molecule has 3 N–H and O–H groups in total. The Morgan fingerprint density at radius 3 is 2.76 bits per heavy atom. The van der Waals surface area contributed by atoms with Crippen LogP contribution in [0.2, 0.25) is 0 Å². The first-order chi connectivity index (χ1) is 8.12. The van der Waals surface area contributed by atoms with E-state index in [2.05, 4.69) is 18.1 Å². The van der Waals surface area contributed by atoms with E-state index < -0.39 is 18.0 Å². The maximum Gasteiger partial charge on any atom is 0.351 e. The number of aromatic nitrogens is 2. The van der Waals surface area contributed by atoms with Crippen molar-refractivity contribution in [3.63, 3.8) is 0 Å². The minimum absolute atomic E-state index is 0.136. The van der Waals surface area contributed by atoms with Crippen molar-refractivity contribution in [2.45, 2.75) is 12.3 Å². The number of aliphatic hydroxyl groups excluding tert-OH is 1. The van der Waals surface area contributed by atoms with Crippen LogP contribution in [0.4, 0.5) is 5.82 Å². The topological polar surface area (TPSA) is 90.4 Å². The second-order valence-corrected chi connectivity index (χ2v) is 3.26.